The van der Waals surface area contributed by atoms with Crippen molar-refractivity contribution < 1.29 is 4.74 Å². The monoisotopic (exact) mass is 292 g/mol. The van der Waals surface area contributed by atoms with Crippen molar-refractivity contribution >= 4 is 11.6 Å². The molecule has 1 fully saturated rings. The van der Waals surface area contributed by atoms with Crippen LogP contribution in [0.25, 0.3) is 0 Å². The Labute approximate surface area is 127 Å². The summed E-state index contributed by atoms with van der Waals surface area (Å²) in [7, 11) is 1.77. The SMILES string of the molecule is CCCc1c(NCC)ncnc1NCC1(CCOC)CC1. The van der Waals surface area contributed by atoms with E-state index < -0.39 is 0 Å². The van der Waals surface area contributed by atoms with E-state index in [1.54, 1.807) is 13.4 Å². The van der Waals surface area contributed by atoms with Gasteiger partial charge in [-0.1, -0.05) is 13.3 Å². The molecule has 0 aliphatic heterocycles. The molecule has 1 aliphatic carbocycles. The van der Waals surface area contributed by atoms with E-state index in [4.69, 9.17) is 4.74 Å². The number of anilines is 2. The normalized spacial score (nSPS) is 15.8. The summed E-state index contributed by atoms with van der Waals surface area (Å²) < 4.78 is 5.22. The van der Waals surface area contributed by atoms with E-state index in [1.807, 2.05) is 0 Å². The molecule has 1 saturated carbocycles. The molecular formula is C16H28N4O. The summed E-state index contributed by atoms with van der Waals surface area (Å²) in [6.07, 6.45) is 7.44. The van der Waals surface area contributed by atoms with Gasteiger partial charge in [0, 0.05) is 32.4 Å². The zero-order valence-electron chi connectivity index (χ0n) is 13.5. The van der Waals surface area contributed by atoms with Crippen LogP contribution in [0, 0.1) is 5.41 Å². The Morgan fingerprint density at radius 2 is 1.90 bits per heavy atom. The highest BCUT2D eigenvalue weighted by atomic mass is 16.5. The van der Waals surface area contributed by atoms with Crippen LogP contribution in [0.1, 0.15) is 45.1 Å². The smallest absolute Gasteiger partial charge is 0.134 e. The molecule has 0 spiro atoms. The molecule has 0 amide bonds. The van der Waals surface area contributed by atoms with E-state index in [9.17, 15) is 0 Å². The first-order chi connectivity index (χ1) is 10.2. The maximum atomic E-state index is 5.22. The lowest BCUT2D eigenvalue weighted by Gasteiger charge is -2.19. The summed E-state index contributed by atoms with van der Waals surface area (Å²) in [5.74, 6) is 1.96. The number of aromatic nitrogens is 2. The van der Waals surface area contributed by atoms with Gasteiger partial charge in [-0.25, -0.2) is 9.97 Å². The van der Waals surface area contributed by atoms with Crippen LogP contribution in [0.3, 0.4) is 0 Å². The molecule has 0 unspecified atom stereocenters. The van der Waals surface area contributed by atoms with Crippen molar-refractivity contribution in [1.82, 2.24) is 9.97 Å². The summed E-state index contributed by atoms with van der Waals surface area (Å²) in [6, 6.07) is 0. The third kappa shape index (κ3) is 4.30. The lowest BCUT2D eigenvalue weighted by molar-refractivity contribution is 0.175. The summed E-state index contributed by atoms with van der Waals surface area (Å²) in [4.78, 5) is 8.83. The second-order valence-corrected chi connectivity index (χ2v) is 5.93. The fraction of sp³-hybridized carbons (Fsp3) is 0.750. The molecule has 0 atom stereocenters. The number of nitrogens with one attached hydrogen (secondary N) is 2. The fourth-order valence-electron chi connectivity index (χ4n) is 2.65. The molecule has 21 heavy (non-hydrogen) atoms. The molecule has 1 heterocycles. The fourth-order valence-corrected chi connectivity index (χ4v) is 2.65. The molecule has 118 valence electrons. The van der Waals surface area contributed by atoms with Crippen molar-refractivity contribution in [2.24, 2.45) is 5.41 Å². The summed E-state index contributed by atoms with van der Waals surface area (Å²) in [6.45, 7) is 6.98. The van der Waals surface area contributed by atoms with Crippen molar-refractivity contribution in [1.29, 1.82) is 0 Å². The van der Waals surface area contributed by atoms with Gasteiger partial charge in [0.05, 0.1) is 0 Å². The van der Waals surface area contributed by atoms with E-state index in [1.165, 1.54) is 18.4 Å². The van der Waals surface area contributed by atoms with E-state index in [0.29, 0.717) is 5.41 Å². The van der Waals surface area contributed by atoms with Crippen molar-refractivity contribution in [3.05, 3.63) is 11.9 Å². The maximum absolute atomic E-state index is 5.22. The number of rotatable bonds is 10. The topological polar surface area (TPSA) is 59.1 Å². The van der Waals surface area contributed by atoms with Crippen LogP contribution in [-0.2, 0) is 11.2 Å². The van der Waals surface area contributed by atoms with Crippen LogP contribution in [0.2, 0.25) is 0 Å². The maximum Gasteiger partial charge on any atom is 0.134 e. The second kappa shape index (κ2) is 7.59. The average molecular weight is 292 g/mol. The third-order valence-electron chi connectivity index (χ3n) is 4.21. The Morgan fingerprint density at radius 3 is 2.48 bits per heavy atom. The highest BCUT2D eigenvalue weighted by molar-refractivity contribution is 5.57. The molecule has 1 aromatic heterocycles. The number of ether oxygens (including phenoxy) is 1. The van der Waals surface area contributed by atoms with Crippen LogP contribution in [0.4, 0.5) is 11.6 Å². The van der Waals surface area contributed by atoms with Gasteiger partial charge in [-0.2, -0.15) is 0 Å². The zero-order chi connectivity index (χ0) is 15.1. The molecule has 0 bridgehead atoms. The van der Waals surface area contributed by atoms with Gasteiger partial charge in [0.1, 0.15) is 18.0 Å². The first-order valence-electron chi connectivity index (χ1n) is 8.05. The first kappa shape index (κ1) is 16.0. The third-order valence-corrected chi connectivity index (χ3v) is 4.21. The van der Waals surface area contributed by atoms with E-state index in [0.717, 1.165) is 50.6 Å². The largest absolute Gasteiger partial charge is 0.385 e. The number of nitrogens with zero attached hydrogens (tertiary/aromatic N) is 2. The first-order valence-corrected chi connectivity index (χ1v) is 8.05. The molecule has 5 heteroatoms. The molecule has 2 rings (SSSR count). The Morgan fingerprint density at radius 1 is 1.19 bits per heavy atom. The van der Waals surface area contributed by atoms with Gasteiger partial charge in [0.15, 0.2) is 0 Å². The lowest BCUT2D eigenvalue weighted by atomic mass is 10.0. The molecular weight excluding hydrogens is 264 g/mol. The van der Waals surface area contributed by atoms with Crippen LogP contribution >= 0.6 is 0 Å². The van der Waals surface area contributed by atoms with Crippen molar-refractivity contribution in [3.63, 3.8) is 0 Å². The lowest BCUT2D eigenvalue weighted by Crippen LogP contribution is -2.19. The summed E-state index contributed by atoms with van der Waals surface area (Å²) in [5, 5.41) is 6.90. The van der Waals surface area contributed by atoms with Crippen LogP contribution in [0.15, 0.2) is 6.33 Å². The summed E-state index contributed by atoms with van der Waals surface area (Å²) >= 11 is 0. The van der Waals surface area contributed by atoms with E-state index in [-0.39, 0.29) is 0 Å². The van der Waals surface area contributed by atoms with Crippen LogP contribution < -0.4 is 10.6 Å². The van der Waals surface area contributed by atoms with Gasteiger partial charge in [-0.15, -0.1) is 0 Å². The Bertz CT molecular complexity index is 446. The van der Waals surface area contributed by atoms with Gasteiger partial charge in [-0.3, -0.25) is 0 Å². The number of methoxy groups -OCH3 is 1. The van der Waals surface area contributed by atoms with Crippen LogP contribution in [0.5, 0.6) is 0 Å². The van der Waals surface area contributed by atoms with Crippen LogP contribution in [-0.4, -0.2) is 36.8 Å². The van der Waals surface area contributed by atoms with Gasteiger partial charge >= 0.3 is 0 Å². The quantitative estimate of drug-likeness (QED) is 0.694. The minimum atomic E-state index is 0.419. The highest BCUT2D eigenvalue weighted by Crippen LogP contribution is 2.48. The predicted octanol–water partition coefficient (Wildman–Crippen LogP) is 3.09. The Kier molecular flexibility index (Phi) is 5.79. The number of hydrogen-bond acceptors (Lipinski definition) is 5. The summed E-state index contributed by atoms with van der Waals surface area (Å²) in [5.41, 5.74) is 1.63. The zero-order valence-corrected chi connectivity index (χ0v) is 13.5. The number of hydrogen-bond donors (Lipinski definition) is 2. The minimum Gasteiger partial charge on any atom is -0.385 e. The molecule has 1 aromatic rings. The molecule has 0 radical (unpaired) electrons. The standard InChI is InChI=1S/C16H28N4O/c1-4-6-13-14(17-5-2)19-12-20-15(13)18-11-16(7-8-16)9-10-21-3/h12H,4-11H2,1-3H3,(H2,17,18,19,20). The van der Waals surface area contributed by atoms with Crippen molar-refractivity contribution in [3.8, 4) is 0 Å². The average Bonchev–Trinajstić information content (AvgIpc) is 3.26. The Balaban J connectivity index is 2.03. The minimum absolute atomic E-state index is 0.419. The molecule has 0 saturated heterocycles. The predicted molar refractivity (Wildman–Crippen MR) is 86.8 cm³/mol. The molecule has 1 aliphatic rings. The van der Waals surface area contributed by atoms with Gasteiger partial charge < -0.3 is 15.4 Å². The van der Waals surface area contributed by atoms with Crippen molar-refractivity contribution in [2.45, 2.75) is 46.0 Å². The van der Waals surface area contributed by atoms with Crippen molar-refractivity contribution in [2.75, 3.05) is 37.4 Å². The van der Waals surface area contributed by atoms with Gasteiger partial charge in [0.2, 0.25) is 0 Å². The molecule has 5 nitrogen and oxygen atoms in total. The highest BCUT2D eigenvalue weighted by Gasteiger charge is 2.41. The Hall–Kier alpha value is -1.36. The van der Waals surface area contributed by atoms with Gasteiger partial charge in [0.25, 0.3) is 0 Å². The van der Waals surface area contributed by atoms with E-state index in [2.05, 4.69) is 34.4 Å². The molecule has 2 N–H and O–H groups in total. The van der Waals surface area contributed by atoms with E-state index >= 15 is 0 Å². The van der Waals surface area contributed by atoms with Gasteiger partial charge in [-0.05, 0) is 38.0 Å². The molecule has 0 aromatic carbocycles. The second-order valence-electron chi connectivity index (χ2n) is 5.93.